The number of amides is 1. The van der Waals surface area contributed by atoms with Crippen molar-refractivity contribution in [2.45, 2.75) is 17.9 Å². The van der Waals surface area contributed by atoms with Crippen molar-refractivity contribution in [3.63, 3.8) is 0 Å². The predicted octanol–water partition coefficient (Wildman–Crippen LogP) is 4.57. The molecular weight excluding hydrogens is 380 g/mol. The fraction of sp³-hybridized carbons (Fsp3) is 0.188. The Balaban J connectivity index is 2.18. The molecular formula is C16H15BrN2O3S. The van der Waals surface area contributed by atoms with Crippen molar-refractivity contribution in [2.24, 2.45) is 0 Å². The second kappa shape index (κ2) is 7.61. The number of benzene rings is 2. The molecule has 0 bridgehead atoms. The van der Waals surface area contributed by atoms with Gasteiger partial charge in [-0.3, -0.25) is 14.9 Å². The Morgan fingerprint density at radius 3 is 2.48 bits per heavy atom. The predicted molar refractivity (Wildman–Crippen MR) is 94.9 cm³/mol. The Kier molecular flexibility index (Phi) is 5.79. The highest BCUT2D eigenvalue weighted by Crippen LogP contribution is 2.28. The Morgan fingerprint density at radius 1 is 1.26 bits per heavy atom. The van der Waals surface area contributed by atoms with E-state index in [2.05, 4.69) is 21.2 Å². The van der Waals surface area contributed by atoms with E-state index in [1.54, 1.807) is 18.4 Å². The molecule has 0 aliphatic heterocycles. The van der Waals surface area contributed by atoms with E-state index in [1.807, 2.05) is 31.2 Å². The zero-order valence-corrected chi connectivity index (χ0v) is 15.0. The van der Waals surface area contributed by atoms with Gasteiger partial charge in [-0.05, 0) is 43.0 Å². The summed E-state index contributed by atoms with van der Waals surface area (Å²) in [5.41, 5.74) is 1.18. The first-order chi connectivity index (χ1) is 10.9. The summed E-state index contributed by atoms with van der Waals surface area (Å²) < 4.78 is 0.961. The van der Waals surface area contributed by atoms with Gasteiger partial charge in [0.05, 0.1) is 15.9 Å². The van der Waals surface area contributed by atoms with Crippen molar-refractivity contribution in [1.29, 1.82) is 0 Å². The van der Waals surface area contributed by atoms with Crippen LogP contribution in [-0.2, 0) is 0 Å². The number of nitrogens with one attached hydrogen (secondary N) is 1. The lowest BCUT2D eigenvalue weighted by Gasteiger charge is -2.14. The zero-order valence-electron chi connectivity index (χ0n) is 12.6. The first-order valence-corrected chi connectivity index (χ1v) is 8.83. The van der Waals surface area contributed by atoms with E-state index in [0.29, 0.717) is 4.90 Å². The molecule has 2 aromatic carbocycles. The molecule has 0 saturated heterocycles. The van der Waals surface area contributed by atoms with Gasteiger partial charge in [0.15, 0.2) is 0 Å². The molecule has 1 unspecified atom stereocenters. The van der Waals surface area contributed by atoms with Crippen LogP contribution >= 0.6 is 27.7 Å². The minimum absolute atomic E-state index is 0.0542. The highest BCUT2D eigenvalue weighted by Gasteiger charge is 2.18. The molecule has 0 aliphatic rings. The molecule has 5 nitrogen and oxygen atoms in total. The van der Waals surface area contributed by atoms with Crippen molar-refractivity contribution in [3.8, 4) is 0 Å². The third kappa shape index (κ3) is 4.33. The lowest BCUT2D eigenvalue weighted by atomic mass is 10.1. The number of carbonyl (C=O) groups is 1. The number of halogens is 1. The summed E-state index contributed by atoms with van der Waals surface area (Å²) in [6.45, 7) is 1.87. The van der Waals surface area contributed by atoms with Crippen LogP contribution in [0.15, 0.2) is 51.8 Å². The Bertz CT molecular complexity index is 735. The van der Waals surface area contributed by atoms with Gasteiger partial charge in [-0.1, -0.05) is 28.1 Å². The number of hydrogen-bond donors (Lipinski definition) is 1. The molecule has 0 fully saturated rings. The Hall–Kier alpha value is -1.86. The summed E-state index contributed by atoms with van der Waals surface area (Å²) in [5, 5.41) is 13.9. The molecule has 0 heterocycles. The first-order valence-electron chi connectivity index (χ1n) is 6.81. The van der Waals surface area contributed by atoms with E-state index in [4.69, 9.17) is 0 Å². The number of thioether (sulfide) groups is 1. The molecule has 1 N–H and O–H groups in total. The average Bonchev–Trinajstić information content (AvgIpc) is 2.54. The van der Waals surface area contributed by atoms with Crippen LogP contribution in [0.2, 0.25) is 0 Å². The molecule has 0 saturated carbocycles. The normalized spacial score (nSPS) is 11.8. The van der Waals surface area contributed by atoms with Crippen LogP contribution in [-0.4, -0.2) is 17.1 Å². The quantitative estimate of drug-likeness (QED) is 0.457. The van der Waals surface area contributed by atoms with Gasteiger partial charge in [0.1, 0.15) is 0 Å². The van der Waals surface area contributed by atoms with E-state index in [-0.39, 0.29) is 23.2 Å². The van der Waals surface area contributed by atoms with Gasteiger partial charge in [-0.2, -0.15) is 0 Å². The second-order valence-corrected chi connectivity index (χ2v) is 6.65. The van der Waals surface area contributed by atoms with Crippen LogP contribution in [0.3, 0.4) is 0 Å². The molecule has 1 amide bonds. The topological polar surface area (TPSA) is 72.2 Å². The third-order valence-corrected chi connectivity index (χ3v) is 4.67. The van der Waals surface area contributed by atoms with Crippen molar-refractivity contribution < 1.29 is 9.72 Å². The van der Waals surface area contributed by atoms with E-state index < -0.39 is 4.92 Å². The zero-order chi connectivity index (χ0) is 17.0. The smallest absolute Gasteiger partial charge is 0.283 e. The monoisotopic (exact) mass is 394 g/mol. The summed E-state index contributed by atoms with van der Waals surface area (Å²) in [5.74, 6) is -0.337. The number of nitro groups is 1. The molecule has 2 rings (SSSR count). The summed E-state index contributed by atoms with van der Waals surface area (Å²) in [4.78, 5) is 23.5. The highest BCUT2D eigenvalue weighted by molar-refractivity contribution is 9.10. The number of nitrogens with zero attached hydrogens (tertiary/aromatic N) is 1. The molecule has 0 aliphatic carbocycles. The van der Waals surface area contributed by atoms with Crippen molar-refractivity contribution in [1.82, 2.24) is 5.32 Å². The van der Waals surface area contributed by atoms with Crippen LogP contribution in [0.4, 0.5) is 5.69 Å². The number of carbonyl (C=O) groups excluding carboxylic acids is 1. The average molecular weight is 395 g/mol. The number of hydrogen-bond acceptors (Lipinski definition) is 4. The van der Waals surface area contributed by atoms with Crippen LogP contribution in [0.5, 0.6) is 0 Å². The van der Waals surface area contributed by atoms with Crippen molar-refractivity contribution in [2.75, 3.05) is 6.26 Å². The maximum Gasteiger partial charge on any atom is 0.283 e. The standard InChI is InChI=1S/C16H15BrN2O3S/c1-10(11-3-6-13(17)7-4-11)18-16(20)12-5-8-15(23-2)14(9-12)19(21)22/h3-10H,1-2H3,(H,18,20). The molecule has 0 spiro atoms. The molecule has 0 aromatic heterocycles. The van der Waals surface area contributed by atoms with Crippen molar-refractivity contribution >= 4 is 39.3 Å². The maximum absolute atomic E-state index is 12.3. The van der Waals surface area contributed by atoms with Gasteiger partial charge in [0, 0.05) is 16.1 Å². The first kappa shape index (κ1) is 17.5. The lowest BCUT2D eigenvalue weighted by Crippen LogP contribution is -2.26. The van der Waals surface area contributed by atoms with Gasteiger partial charge >= 0.3 is 0 Å². The summed E-state index contributed by atoms with van der Waals surface area (Å²) in [6.07, 6.45) is 1.76. The Labute approximate surface area is 146 Å². The molecule has 2 aromatic rings. The second-order valence-electron chi connectivity index (χ2n) is 4.89. The minimum atomic E-state index is -0.471. The van der Waals surface area contributed by atoms with Crippen molar-refractivity contribution in [3.05, 3.63) is 68.2 Å². The van der Waals surface area contributed by atoms with Gasteiger partial charge in [-0.25, -0.2) is 0 Å². The minimum Gasteiger partial charge on any atom is -0.346 e. The summed E-state index contributed by atoms with van der Waals surface area (Å²) in [7, 11) is 0. The number of nitro benzene ring substituents is 1. The van der Waals surface area contributed by atoms with E-state index in [9.17, 15) is 14.9 Å². The highest BCUT2D eigenvalue weighted by atomic mass is 79.9. The third-order valence-electron chi connectivity index (χ3n) is 3.36. The van der Waals surface area contributed by atoms with E-state index in [0.717, 1.165) is 10.0 Å². The van der Waals surface area contributed by atoms with Gasteiger partial charge in [0.2, 0.25) is 0 Å². The molecule has 1 atom stereocenters. The molecule has 7 heteroatoms. The van der Waals surface area contributed by atoms with Crippen LogP contribution < -0.4 is 5.32 Å². The van der Waals surface area contributed by atoms with Crippen LogP contribution in [0.25, 0.3) is 0 Å². The van der Waals surface area contributed by atoms with Crippen LogP contribution in [0.1, 0.15) is 28.9 Å². The van der Waals surface area contributed by atoms with Gasteiger partial charge in [-0.15, -0.1) is 11.8 Å². The molecule has 0 radical (unpaired) electrons. The van der Waals surface area contributed by atoms with Gasteiger partial charge < -0.3 is 5.32 Å². The van der Waals surface area contributed by atoms with Gasteiger partial charge in [0.25, 0.3) is 11.6 Å². The fourth-order valence-corrected chi connectivity index (χ4v) is 2.90. The molecule has 23 heavy (non-hydrogen) atoms. The fourth-order valence-electron chi connectivity index (χ4n) is 2.09. The number of rotatable bonds is 5. The maximum atomic E-state index is 12.3. The summed E-state index contributed by atoms with van der Waals surface area (Å²) in [6, 6.07) is 11.9. The van der Waals surface area contributed by atoms with E-state index >= 15 is 0 Å². The largest absolute Gasteiger partial charge is 0.346 e. The lowest BCUT2D eigenvalue weighted by molar-refractivity contribution is -0.387. The Morgan fingerprint density at radius 2 is 1.91 bits per heavy atom. The van der Waals surface area contributed by atoms with Crippen LogP contribution in [0, 0.1) is 10.1 Å². The van der Waals surface area contributed by atoms with E-state index in [1.165, 1.54) is 17.8 Å². The molecule has 120 valence electrons. The SMILES string of the molecule is CSc1ccc(C(=O)NC(C)c2ccc(Br)cc2)cc1[N+](=O)[O-]. The summed E-state index contributed by atoms with van der Waals surface area (Å²) >= 11 is 4.64.